The molecule has 2 aromatic rings. The minimum atomic E-state index is 0.457. The van der Waals surface area contributed by atoms with Gasteiger partial charge < -0.3 is 5.32 Å². The third-order valence-corrected chi connectivity index (χ3v) is 5.13. The van der Waals surface area contributed by atoms with Gasteiger partial charge in [-0.3, -0.25) is 4.90 Å². The molecule has 0 bridgehead atoms. The van der Waals surface area contributed by atoms with Crippen molar-refractivity contribution >= 4 is 11.6 Å². The molecule has 0 saturated carbocycles. The van der Waals surface area contributed by atoms with Crippen molar-refractivity contribution in [1.82, 2.24) is 10.2 Å². The van der Waals surface area contributed by atoms with Gasteiger partial charge in [0.15, 0.2) is 0 Å². The summed E-state index contributed by atoms with van der Waals surface area (Å²) < 4.78 is 0. The molecule has 0 aliphatic carbocycles. The predicted molar refractivity (Wildman–Crippen MR) is 103 cm³/mol. The van der Waals surface area contributed by atoms with Gasteiger partial charge in [0, 0.05) is 24.2 Å². The van der Waals surface area contributed by atoms with Crippen molar-refractivity contribution in [3.8, 4) is 0 Å². The molecule has 1 fully saturated rings. The van der Waals surface area contributed by atoms with E-state index in [1.807, 2.05) is 12.1 Å². The number of likely N-dealkylation sites (tertiary alicyclic amines) is 1. The Kier molecular flexibility index (Phi) is 6.30. The first-order valence-electron chi connectivity index (χ1n) is 8.98. The van der Waals surface area contributed by atoms with Crippen molar-refractivity contribution in [2.45, 2.75) is 38.8 Å². The summed E-state index contributed by atoms with van der Waals surface area (Å²) in [6.07, 6.45) is 4.01. The number of benzene rings is 2. The Labute approximate surface area is 150 Å². The highest BCUT2D eigenvalue weighted by Gasteiger charge is 2.21. The van der Waals surface area contributed by atoms with Gasteiger partial charge in [-0.2, -0.15) is 0 Å². The average Bonchev–Trinajstić information content (AvgIpc) is 2.62. The van der Waals surface area contributed by atoms with Gasteiger partial charge in [-0.15, -0.1) is 0 Å². The average molecular weight is 343 g/mol. The topological polar surface area (TPSA) is 15.3 Å². The van der Waals surface area contributed by atoms with E-state index in [-0.39, 0.29) is 0 Å². The van der Waals surface area contributed by atoms with Crippen LogP contribution >= 0.6 is 11.6 Å². The second-order valence-electron chi connectivity index (χ2n) is 6.78. The molecule has 0 amide bonds. The second kappa shape index (κ2) is 8.66. The molecule has 1 N–H and O–H groups in total. The fraction of sp³-hybridized carbons (Fsp3) is 0.429. The molecule has 1 aliphatic rings. The Balaban J connectivity index is 1.65. The summed E-state index contributed by atoms with van der Waals surface area (Å²) in [5, 5.41) is 4.44. The lowest BCUT2D eigenvalue weighted by Crippen LogP contribution is -2.39. The number of rotatable bonds is 6. The summed E-state index contributed by atoms with van der Waals surface area (Å²) in [6, 6.07) is 17.6. The Bertz CT molecular complexity index is 615. The fourth-order valence-electron chi connectivity index (χ4n) is 3.43. The van der Waals surface area contributed by atoms with E-state index in [1.165, 1.54) is 49.0 Å². The molecule has 0 spiro atoms. The Morgan fingerprint density at radius 1 is 0.958 bits per heavy atom. The van der Waals surface area contributed by atoms with Gasteiger partial charge in [0.25, 0.3) is 0 Å². The molecular formula is C21H27ClN2. The Hall–Kier alpha value is -1.35. The molecule has 1 saturated heterocycles. The summed E-state index contributed by atoms with van der Waals surface area (Å²) >= 11 is 5.96. The molecule has 2 nitrogen and oxygen atoms in total. The molecule has 0 aromatic heterocycles. The lowest BCUT2D eigenvalue weighted by atomic mass is 10.0. The van der Waals surface area contributed by atoms with Crippen LogP contribution in [0.5, 0.6) is 0 Å². The highest BCUT2D eigenvalue weighted by Crippen LogP contribution is 2.24. The first-order chi connectivity index (χ1) is 11.7. The van der Waals surface area contributed by atoms with E-state index in [1.54, 1.807) is 0 Å². The van der Waals surface area contributed by atoms with Crippen LogP contribution in [-0.4, -0.2) is 24.5 Å². The van der Waals surface area contributed by atoms with Gasteiger partial charge >= 0.3 is 0 Å². The smallest absolute Gasteiger partial charge is 0.0472 e. The molecule has 3 heteroatoms. The van der Waals surface area contributed by atoms with Crippen molar-refractivity contribution in [1.29, 1.82) is 0 Å². The van der Waals surface area contributed by atoms with Crippen molar-refractivity contribution in [2.75, 3.05) is 19.6 Å². The molecule has 1 atom stereocenters. The van der Waals surface area contributed by atoms with Crippen LogP contribution in [0.15, 0.2) is 48.5 Å². The Morgan fingerprint density at radius 3 is 2.29 bits per heavy atom. The van der Waals surface area contributed by atoms with Gasteiger partial charge in [0.05, 0.1) is 0 Å². The zero-order valence-electron chi connectivity index (χ0n) is 14.5. The summed E-state index contributed by atoms with van der Waals surface area (Å²) in [5.41, 5.74) is 4.03. The van der Waals surface area contributed by atoms with Crippen LogP contribution < -0.4 is 5.32 Å². The van der Waals surface area contributed by atoms with Gasteiger partial charge in [-0.25, -0.2) is 0 Å². The first kappa shape index (κ1) is 17.5. The number of hydrogen-bond acceptors (Lipinski definition) is 2. The van der Waals surface area contributed by atoms with E-state index in [0.717, 1.165) is 18.1 Å². The van der Waals surface area contributed by atoms with E-state index >= 15 is 0 Å². The summed E-state index contributed by atoms with van der Waals surface area (Å²) in [5.74, 6) is 0. The highest BCUT2D eigenvalue weighted by atomic mass is 35.5. The molecule has 24 heavy (non-hydrogen) atoms. The van der Waals surface area contributed by atoms with E-state index in [0.29, 0.717) is 6.04 Å². The number of hydrogen-bond donors (Lipinski definition) is 1. The van der Waals surface area contributed by atoms with Gasteiger partial charge in [0.1, 0.15) is 0 Å². The monoisotopic (exact) mass is 342 g/mol. The lowest BCUT2D eigenvalue weighted by Gasteiger charge is -2.35. The molecule has 1 heterocycles. The minimum Gasteiger partial charge on any atom is -0.311 e. The first-order valence-corrected chi connectivity index (χ1v) is 9.36. The summed E-state index contributed by atoms with van der Waals surface area (Å²) in [7, 11) is 0. The van der Waals surface area contributed by atoms with Crippen LogP contribution in [-0.2, 0) is 6.54 Å². The van der Waals surface area contributed by atoms with E-state index in [2.05, 4.69) is 53.5 Å². The van der Waals surface area contributed by atoms with Crippen LogP contribution in [0, 0.1) is 6.92 Å². The number of halogens is 1. The van der Waals surface area contributed by atoms with E-state index < -0.39 is 0 Å². The Morgan fingerprint density at radius 2 is 1.62 bits per heavy atom. The molecule has 1 aliphatic heterocycles. The summed E-state index contributed by atoms with van der Waals surface area (Å²) in [6.45, 7) is 6.43. The van der Waals surface area contributed by atoms with E-state index in [4.69, 9.17) is 11.6 Å². The number of aryl methyl sites for hydroxylation is 1. The molecule has 1 unspecified atom stereocenters. The van der Waals surface area contributed by atoms with Crippen molar-refractivity contribution in [3.63, 3.8) is 0 Å². The van der Waals surface area contributed by atoms with Crippen LogP contribution in [0.2, 0.25) is 5.02 Å². The number of nitrogens with zero attached hydrogens (tertiary/aromatic N) is 1. The van der Waals surface area contributed by atoms with Crippen molar-refractivity contribution in [3.05, 3.63) is 70.2 Å². The predicted octanol–water partition coefficient (Wildman–Crippen LogP) is 4.97. The third-order valence-electron chi connectivity index (χ3n) is 4.87. The lowest BCUT2D eigenvalue weighted by molar-refractivity contribution is 0.160. The minimum absolute atomic E-state index is 0.457. The maximum atomic E-state index is 5.96. The maximum Gasteiger partial charge on any atom is 0.0472 e. The SMILES string of the molecule is Cc1ccc(C(CNCc2ccc(Cl)cc2)N2CCCCC2)cc1. The number of piperidine rings is 1. The van der Waals surface area contributed by atoms with Crippen LogP contribution in [0.25, 0.3) is 0 Å². The van der Waals surface area contributed by atoms with Crippen molar-refractivity contribution in [2.24, 2.45) is 0 Å². The normalized spacial score (nSPS) is 16.9. The standard InChI is InChI=1S/C21H27ClN2/c1-17-5-9-19(10-6-17)21(24-13-3-2-4-14-24)16-23-15-18-7-11-20(22)12-8-18/h5-12,21,23H,2-4,13-16H2,1H3. The third kappa shape index (κ3) is 4.83. The van der Waals surface area contributed by atoms with Crippen LogP contribution in [0.3, 0.4) is 0 Å². The molecule has 0 radical (unpaired) electrons. The molecule has 2 aromatic carbocycles. The van der Waals surface area contributed by atoms with E-state index in [9.17, 15) is 0 Å². The molecule has 3 rings (SSSR count). The largest absolute Gasteiger partial charge is 0.311 e. The highest BCUT2D eigenvalue weighted by molar-refractivity contribution is 6.30. The van der Waals surface area contributed by atoms with Gasteiger partial charge in [0.2, 0.25) is 0 Å². The van der Waals surface area contributed by atoms with Crippen molar-refractivity contribution < 1.29 is 0 Å². The van der Waals surface area contributed by atoms with Crippen LogP contribution in [0.4, 0.5) is 0 Å². The second-order valence-corrected chi connectivity index (χ2v) is 7.22. The summed E-state index contributed by atoms with van der Waals surface area (Å²) in [4.78, 5) is 2.64. The molecular weight excluding hydrogens is 316 g/mol. The van der Waals surface area contributed by atoms with Gasteiger partial charge in [-0.1, -0.05) is 60.0 Å². The van der Waals surface area contributed by atoms with Crippen LogP contribution in [0.1, 0.15) is 42.0 Å². The maximum absolute atomic E-state index is 5.96. The fourth-order valence-corrected chi connectivity index (χ4v) is 3.56. The quantitative estimate of drug-likeness (QED) is 0.797. The van der Waals surface area contributed by atoms with Gasteiger partial charge in [-0.05, 0) is 56.1 Å². The number of nitrogens with one attached hydrogen (secondary N) is 1. The zero-order chi connectivity index (χ0) is 16.8. The molecule has 128 valence electrons. The zero-order valence-corrected chi connectivity index (χ0v) is 15.2.